The molecular weight excluding hydrogens is 220 g/mol. The Morgan fingerprint density at radius 1 is 1.28 bits per heavy atom. The van der Waals surface area contributed by atoms with Gasteiger partial charge in [-0.15, -0.1) is 0 Å². The van der Waals surface area contributed by atoms with E-state index in [1.54, 1.807) is 0 Å². The van der Waals surface area contributed by atoms with Crippen molar-refractivity contribution in [1.82, 2.24) is 10.2 Å². The molecule has 1 N–H and O–H groups in total. The van der Waals surface area contributed by atoms with E-state index in [-0.39, 0.29) is 0 Å². The van der Waals surface area contributed by atoms with Crippen LogP contribution in [-0.4, -0.2) is 37.1 Å². The molecule has 2 atom stereocenters. The monoisotopic (exact) mass is 246 g/mol. The Morgan fingerprint density at radius 2 is 2.06 bits per heavy atom. The molecule has 100 valence electrons. The number of rotatable bonds is 4. The lowest BCUT2D eigenvalue weighted by atomic mass is 10.0. The third-order valence-electron chi connectivity index (χ3n) is 4.05. The Morgan fingerprint density at radius 3 is 2.78 bits per heavy atom. The lowest BCUT2D eigenvalue weighted by molar-refractivity contribution is 0.275. The van der Waals surface area contributed by atoms with Crippen molar-refractivity contribution in [3.63, 3.8) is 0 Å². The van der Waals surface area contributed by atoms with Gasteiger partial charge in [0.1, 0.15) is 0 Å². The van der Waals surface area contributed by atoms with Crippen molar-refractivity contribution >= 4 is 0 Å². The fourth-order valence-corrected chi connectivity index (χ4v) is 2.78. The topological polar surface area (TPSA) is 15.3 Å². The maximum Gasteiger partial charge on any atom is 0.0107 e. The van der Waals surface area contributed by atoms with Crippen molar-refractivity contribution in [2.24, 2.45) is 0 Å². The molecule has 1 aliphatic rings. The molecule has 0 aromatic heterocycles. The van der Waals surface area contributed by atoms with E-state index < -0.39 is 0 Å². The third kappa shape index (κ3) is 3.82. The lowest BCUT2D eigenvalue weighted by Gasteiger charge is -2.24. The first-order chi connectivity index (χ1) is 8.79. The normalized spacial score (nSPS) is 23.6. The largest absolute Gasteiger partial charge is 0.313 e. The highest BCUT2D eigenvalue weighted by Crippen LogP contribution is 2.17. The number of benzene rings is 1. The molecule has 2 rings (SSSR count). The average molecular weight is 246 g/mol. The van der Waals surface area contributed by atoms with Crippen LogP contribution in [0.4, 0.5) is 0 Å². The molecule has 2 unspecified atom stereocenters. The molecule has 0 spiro atoms. The highest BCUT2D eigenvalue weighted by molar-refractivity contribution is 5.19. The Kier molecular flexibility index (Phi) is 5.21. The molecule has 18 heavy (non-hydrogen) atoms. The molecule has 1 aromatic rings. The predicted molar refractivity (Wildman–Crippen MR) is 78.0 cm³/mol. The van der Waals surface area contributed by atoms with Gasteiger partial charge in [0.15, 0.2) is 0 Å². The van der Waals surface area contributed by atoms with Gasteiger partial charge in [-0.1, -0.05) is 44.2 Å². The van der Waals surface area contributed by atoms with Gasteiger partial charge in [-0.2, -0.15) is 0 Å². The standard InChI is InChI=1S/C16H26N2/c1-3-16-9-11-18(12-10-17-16)13-14(2)15-7-5-4-6-8-15/h4-8,14,16-17H,3,9-13H2,1-2H3. The van der Waals surface area contributed by atoms with Gasteiger partial charge >= 0.3 is 0 Å². The first kappa shape index (κ1) is 13.6. The van der Waals surface area contributed by atoms with Crippen LogP contribution in [0.5, 0.6) is 0 Å². The van der Waals surface area contributed by atoms with Crippen LogP contribution >= 0.6 is 0 Å². The molecule has 0 aliphatic carbocycles. The second-order valence-corrected chi connectivity index (χ2v) is 5.46. The predicted octanol–water partition coefficient (Wildman–Crippen LogP) is 2.86. The fourth-order valence-electron chi connectivity index (χ4n) is 2.78. The Balaban J connectivity index is 1.86. The molecule has 0 radical (unpaired) electrons. The first-order valence-corrected chi connectivity index (χ1v) is 7.30. The average Bonchev–Trinajstić information content (AvgIpc) is 2.65. The van der Waals surface area contributed by atoms with E-state index >= 15 is 0 Å². The zero-order valence-electron chi connectivity index (χ0n) is 11.7. The summed E-state index contributed by atoms with van der Waals surface area (Å²) in [5.74, 6) is 0.629. The summed E-state index contributed by atoms with van der Waals surface area (Å²) >= 11 is 0. The second kappa shape index (κ2) is 6.91. The van der Waals surface area contributed by atoms with Gasteiger partial charge in [-0.25, -0.2) is 0 Å². The molecule has 1 heterocycles. The number of hydrogen-bond acceptors (Lipinski definition) is 2. The van der Waals surface area contributed by atoms with Gasteiger partial charge in [0.05, 0.1) is 0 Å². The van der Waals surface area contributed by atoms with Crippen molar-refractivity contribution < 1.29 is 0 Å². The third-order valence-corrected chi connectivity index (χ3v) is 4.05. The molecule has 1 aliphatic heterocycles. The number of nitrogens with one attached hydrogen (secondary N) is 1. The summed E-state index contributed by atoms with van der Waals surface area (Å²) < 4.78 is 0. The molecule has 1 fully saturated rings. The summed E-state index contributed by atoms with van der Waals surface area (Å²) in [4.78, 5) is 2.61. The first-order valence-electron chi connectivity index (χ1n) is 7.30. The van der Waals surface area contributed by atoms with E-state index in [0.29, 0.717) is 5.92 Å². The van der Waals surface area contributed by atoms with Crippen LogP contribution in [-0.2, 0) is 0 Å². The molecule has 2 heteroatoms. The fraction of sp³-hybridized carbons (Fsp3) is 0.625. The Hall–Kier alpha value is -0.860. The minimum Gasteiger partial charge on any atom is -0.313 e. The number of hydrogen-bond donors (Lipinski definition) is 1. The van der Waals surface area contributed by atoms with E-state index in [4.69, 9.17) is 0 Å². The second-order valence-electron chi connectivity index (χ2n) is 5.46. The van der Waals surface area contributed by atoms with Crippen molar-refractivity contribution in [3.8, 4) is 0 Å². The summed E-state index contributed by atoms with van der Waals surface area (Å²) in [6.07, 6.45) is 2.54. The summed E-state index contributed by atoms with van der Waals surface area (Å²) in [7, 11) is 0. The summed E-state index contributed by atoms with van der Waals surface area (Å²) in [5, 5.41) is 3.63. The molecule has 0 amide bonds. The van der Waals surface area contributed by atoms with Crippen LogP contribution in [0.3, 0.4) is 0 Å². The molecule has 0 bridgehead atoms. The van der Waals surface area contributed by atoms with Crippen LogP contribution in [0.2, 0.25) is 0 Å². The number of nitrogens with zero attached hydrogens (tertiary/aromatic N) is 1. The van der Waals surface area contributed by atoms with Crippen LogP contribution in [0.1, 0.15) is 38.2 Å². The minimum absolute atomic E-state index is 0.629. The molecule has 1 saturated heterocycles. The van der Waals surface area contributed by atoms with E-state index in [9.17, 15) is 0 Å². The van der Waals surface area contributed by atoms with Crippen molar-refractivity contribution in [2.75, 3.05) is 26.2 Å². The summed E-state index contributed by atoms with van der Waals surface area (Å²) in [6.45, 7) is 9.36. The molecule has 0 saturated carbocycles. The highest BCUT2D eigenvalue weighted by Gasteiger charge is 2.17. The van der Waals surface area contributed by atoms with Crippen LogP contribution in [0, 0.1) is 0 Å². The lowest BCUT2D eigenvalue weighted by Crippen LogP contribution is -2.32. The van der Waals surface area contributed by atoms with Gasteiger partial charge < -0.3 is 10.2 Å². The van der Waals surface area contributed by atoms with E-state index in [0.717, 1.165) is 12.6 Å². The summed E-state index contributed by atoms with van der Waals surface area (Å²) in [6, 6.07) is 11.6. The van der Waals surface area contributed by atoms with Crippen molar-refractivity contribution in [3.05, 3.63) is 35.9 Å². The summed E-state index contributed by atoms with van der Waals surface area (Å²) in [5.41, 5.74) is 1.46. The molecule has 2 nitrogen and oxygen atoms in total. The quantitative estimate of drug-likeness (QED) is 0.879. The van der Waals surface area contributed by atoms with E-state index in [1.807, 2.05) is 0 Å². The van der Waals surface area contributed by atoms with Gasteiger partial charge in [-0.3, -0.25) is 0 Å². The zero-order valence-corrected chi connectivity index (χ0v) is 11.7. The molecular formula is C16H26N2. The highest BCUT2D eigenvalue weighted by atomic mass is 15.2. The van der Waals surface area contributed by atoms with Crippen LogP contribution in [0.15, 0.2) is 30.3 Å². The maximum atomic E-state index is 3.63. The van der Waals surface area contributed by atoms with Crippen LogP contribution < -0.4 is 5.32 Å². The SMILES string of the molecule is CCC1CCN(CC(C)c2ccccc2)CCN1. The van der Waals surface area contributed by atoms with Gasteiger partial charge in [0.2, 0.25) is 0 Å². The molecule has 1 aromatic carbocycles. The van der Waals surface area contributed by atoms with Gasteiger partial charge in [0, 0.05) is 25.7 Å². The van der Waals surface area contributed by atoms with Crippen LogP contribution in [0.25, 0.3) is 0 Å². The minimum atomic E-state index is 0.629. The van der Waals surface area contributed by atoms with E-state index in [2.05, 4.69) is 54.4 Å². The smallest absolute Gasteiger partial charge is 0.0107 e. The maximum absolute atomic E-state index is 3.63. The van der Waals surface area contributed by atoms with Gasteiger partial charge in [-0.05, 0) is 30.9 Å². The van der Waals surface area contributed by atoms with Crippen molar-refractivity contribution in [2.45, 2.75) is 38.6 Å². The Bertz CT molecular complexity index is 336. The zero-order chi connectivity index (χ0) is 12.8. The van der Waals surface area contributed by atoms with Crippen molar-refractivity contribution in [1.29, 1.82) is 0 Å². The van der Waals surface area contributed by atoms with Gasteiger partial charge in [0.25, 0.3) is 0 Å². The van der Waals surface area contributed by atoms with E-state index in [1.165, 1.54) is 38.0 Å². The Labute approximate surface area is 111 Å².